The number of aliphatic carboxylic acids is 1. The molecule has 1 aromatic rings. The maximum atomic E-state index is 10.7. The van der Waals surface area contributed by atoms with Crippen LogP contribution in [-0.4, -0.2) is 11.1 Å². The summed E-state index contributed by atoms with van der Waals surface area (Å²) >= 11 is 0. The van der Waals surface area contributed by atoms with Crippen LogP contribution in [0.2, 0.25) is 0 Å². The molecule has 1 aliphatic rings. The summed E-state index contributed by atoms with van der Waals surface area (Å²) in [4.78, 5) is 10.7. The minimum absolute atomic E-state index is 0.0933. The Kier molecular flexibility index (Phi) is 3.51. The molecule has 1 saturated carbocycles. The summed E-state index contributed by atoms with van der Waals surface area (Å²) in [5, 5.41) is 8.85. The molecule has 1 N–H and O–H groups in total. The topological polar surface area (TPSA) is 37.3 Å². The van der Waals surface area contributed by atoms with Crippen molar-refractivity contribution in [1.82, 2.24) is 0 Å². The zero-order valence-electron chi connectivity index (χ0n) is 10.5. The van der Waals surface area contributed by atoms with E-state index in [4.69, 9.17) is 5.11 Å². The lowest BCUT2D eigenvalue weighted by atomic mass is 9.96. The molecule has 0 bridgehead atoms. The molecule has 0 aromatic heterocycles. The number of carboxylic acids is 1. The molecule has 3 unspecified atom stereocenters. The molecule has 1 aliphatic carbocycles. The summed E-state index contributed by atoms with van der Waals surface area (Å²) in [6.45, 7) is 4.43. The van der Waals surface area contributed by atoms with E-state index in [1.54, 1.807) is 0 Å². The van der Waals surface area contributed by atoms with Crippen molar-refractivity contribution in [2.24, 2.45) is 11.8 Å². The van der Waals surface area contributed by atoms with Gasteiger partial charge in [0.1, 0.15) is 0 Å². The summed E-state index contributed by atoms with van der Waals surface area (Å²) < 4.78 is 0. The molecule has 3 atom stereocenters. The Morgan fingerprint density at radius 1 is 1.41 bits per heavy atom. The summed E-state index contributed by atoms with van der Waals surface area (Å²) in [6.07, 6.45) is 2.92. The standard InChI is InChI=1S/C15H20O2/c1-3-10(2)12-6-4-11(5-7-12)8-13-9-14(13)15(16)17/h4-7,10,13-14H,3,8-9H2,1-2H3,(H,16,17). The van der Waals surface area contributed by atoms with Gasteiger partial charge in [-0.2, -0.15) is 0 Å². The average Bonchev–Trinajstić information content (AvgIpc) is 3.08. The predicted molar refractivity (Wildman–Crippen MR) is 68.1 cm³/mol. The van der Waals surface area contributed by atoms with Gasteiger partial charge >= 0.3 is 5.97 Å². The van der Waals surface area contributed by atoms with Gasteiger partial charge in [-0.05, 0) is 42.2 Å². The van der Waals surface area contributed by atoms with Gasteiger partial charge in [-0.15, -0.1) is 0 Å². The Labute approximate surface area is 103 Å². The van der Waals surface area contributed by atoms with Crippen LogP contribution in [-0.2, 0) is 11.2 Å². The fraction of sp³-hybridized carbons (Fsp3) is 0.533. The van der Waals surface area contributed by atoms with Crippen LogP contribution < -0.4 is 0 Å². The molecule has 2 nitrogen and oxygen atoms in total. The van der Waals surface area contributed by atoms with E-state index in [-0.39, 0.29) is 5.92 Å². The molecule has 17 heavy (non-hydrogen) atoms. The summed E-state index contributed by atoms with van der Waals surface area (Å²) in [7, 11) is 0. The van der Waals surface area contributed by atoms with Crippen molar-refractivity contribution in [3.63, 3.8) is 0 Å². The quantitative estimate of drug-likeness (QED) is 0.844. The van der Waals surface area contributed by atoms with Crippen LogP contribution >= 0.6 is 0 Å². The first-order valence-corrected chi connectivity index (χ1v) is 6.43. The Balaban J connectivity index is 1.93. The summed E-state index contributed by atoms with van der Waals surface area (Å²) in [5.41, 5.74) is 2.65. The Morgan fingerprint density at radius 3 is 2.53 bits per heavy atom. The Morgan fingerprint density at radius 2 is 2.06 bits per heavy atom. The molecule has 0 spiro atoms. The predicted octanol–water partition coefficient (Wildman–Crippen LogP) is 3.46. The maximum Gasteiger partial charge on any atom is 0.306 e. The first-order chi connectivity index (χ1) is 8.11. The average molecular weight is 232 g/mol. The van der Waals surface area contributed by atoms with Gasteiger partial charge in [-0.1, -0.05) is 38.1 Å². The van der Waals surface area contributed by atoms with E-state index in [1.807, 2.05) is 0 Å². The number of hydrogen-bond acceptors (Lipinski definition) is 1. The zero-order chi connectivity index (χ0) is 12.4. The second-order valence-electron chi connectivity index (χ2n) is 5.20. The number of benzene rings is 1. The van der Waals surface area contributed by atoms with Gasteiger partial charge in [-0.25, -0.2) is 0 Å². The van der Waals surface area contributed by atoms with Crippen LogP contribution in [0.25, 0.3) is 0 Å². The lowest BCUT2D eigenvalue weighted by Gasteiger charge is -2.09. The molecule has 0 heterocycles. The fourth-order valence-electron chi connectivity index (χ4n) is 2.30. The molecule has 0 saturated heterocycles. The molecule has 1 aromatic carbocycles. The van der Waals surface area contributed by atoms with Crippen molar-refractivity contribution in [2.75, 3.05) is 0 Å². The fourth-order valence-corrected chi connectivity index (χ4v) is 2.30. The smallest absolute Gasteiger partial charge is 0.306 e. The van der Waals surface area contributed by atoms with Crippen LogP contribution in [0.15, 0.2) is 24.3 Å². The SMILES string of the molecule is CCC(C)c1ccc(CC2CC2C(=O)O)cc1. The molecule has 0 amide bonds. The van der Waals surface area contributed by atoms with E-state index < -0.39 is 5.97 Å². The minimum Gasteiger partial charge on any atom is -0.481 e. The number of carbonyl (C=O) groups is 1. The highest BCUT2D eigenvalue weighted by atomic mass is 16.4. The zero-order valence-corrected chi connectivity index (χ0v) is 10.5. The van der Waals surface area contributed by atoms with Crippen molar-refractivity contribution in [3.05, 3.63) is 35.4 Å². The van der Waals surface area contributed by atoms with Gasteiger partial charge in [0.25, 0.3) is 0 Å². The van der Waals surface area contributed by atoms with Gasteiger partial charge in [-0.3, -0.25) is 4.79 Å². The van der Waals surface area contributed by atoms with Crippen LogP contribution in [0.4, 0.5) is 0 Å². The normalized spacial score (nSPS) is 24.4. The van der Waals surface area contributed by atoms with Crippen molar-refractivity contribution >= 4 is 5.97 Å². The van der Waals surface area contributed by atoms with E-state index in [1.165, 1.54) is 11.1 Å². The van der Waals surface area contributed by atoms with Gasteiger partial charge in [0.15, 0.2) is 0 Å². The number of carboxylic acid groups (broad SMARTS) is 1. The third-order valence-electron chi connectivity index (χ3n) is 3.90. The van der Waals surface area contributed by atoms with E-state index >= 15 is 0 Å². The molecule has 2 rings (SSSR count). The highest BCUT2D eigenvalue weighted by Gasteiger charge is 2.42. The van der Waals surface area contributed by atoms with Crippen LogP contribution in [0, 0.1) is 11.8 Å². The second-order valence-corrected chi connectivity index (χ2v) is 5.20. The first-order valence-electron chi connectivity index (χ1n) is 6.43. The van der Waals surface area contributed by atoms with Gasteiger partial charge in [0.2, 0.25) is 0 Å². The Hall–Kier alpha value is -1.31. The molecule has 92 valence electrons. The van der Waals surface area contributed by atoms with E-state index in [0.717, 1.165) is 19.3 Å². The van der Waals surface area contributed by atoms with Gasteiger partial charge < -0.3 is 5.11 Å². The van der Waals surface area contributed by atoms with E-state index in [2.05, 4.69) is 38.1 Å². The maximum absolute atomic E-state index is 10.7. The summed E-state index contributed by atoms with van der Waals surface area (Å²) in [5.74, 6) is 0.245. The van der Waals surface area contributed by atoms with Crippen LogP contribution in [0.3, 0.4) is 0 Å². The number of rotatable bonds is 5. The third-order valence-corrected chi connectivity index (χ3v) is 3.90. The molecule has 0 aliphatic heterocycles. The largest absolute Gasteiger partial charge is 0.481 e. The number of hydrogen-bond donors (Lipinski definition) is 1. The minimum atomic E-state index is -0.633. The molecule has 2 heteroatoms. The third kappa shape index (κ3) is 2.87. The van der Waals surface area contributed by atoms with E-state index in [0.29, 0.717) is 11.8 Å². The Bertz CT molecular complexity index is 394. The van der Waals surface area contributed by atoms with Crippen LogP contribution in [0.1, 0.15) is 43.7 Å². The lowest BCUT2D eigenvalue weighted by Crippen LogP contribution is -2.01. The molecule has 0 radical (unpaired) electrons. The molecular weight excluding hydrogens is 212 g/mol. The van der Waals surface area contributed by atoms with E-state index in [9.17, 15) is 4.79 Å². The van der Waals surface area contributed by atoms with Gasteiger partial charge in [0.05, 0.1) is 5.92 Å². The molecular formula is C15H20O2. The summed E-state index contributed by atoms with van der Waals surface area (Å²) in [6, 6.07) is 8.67. The first kappa shape index (κ1) is 12.2. The lowest BCUT2D eigenvalue weighted by molar-refractivity contribution is -0.138. The molecule has 1 fully saturated rings. The van der Waals surface area contributed by atoms with Crippen LogP contribution in [0.5, 0.6) is 0 Å². The van der Waals surface area contributed by atoms with Crippen molar-refractivity contribution in [3.8, 4) is 0 Å². The van der Waals surface area contributed by atoms with Crippen molar-refractivity contribution < 1.29 is 9.90 Å². The highest BCUT2D eigenvalue weighted by Crippen LogP contribution is 2.41. The highest BCUT2D eigenvalue weighted by molar-refractivity contribution is 5.73. The van der Waals surface area contributed by atoms with Gasteiger partial charge in [0, 0.05) is 0 Å². The monoisotopic (exact) mass is 232 g/mol. The second kappa shape index (κ2) is 4.91. The van der Waals surface area contributed by atoms with Crippen molar-refractivity contribution in [1.29, 1.82) is 0 Å². The van der Waals surface area contributed by atoms with Crippen molar-refractivity contribution in [2.45, 2.75) is 39.0 Å².